The van der Waals surface area contributed by atoms with Gasteiger partial charge in [-0.3, -0.25) is 9.59 Å². The molecule has 7 nitrogen and oxygen atoms in total. The molecule has 124 valence electrons. The quantitative estimate of drug-likeness (QED) is 0.709. The molecular formula is C15H19ClN4O3. The number of ether oxygens (including phenoxy) is 1. The first-order chi connectivity index (χ1) is 10.9. The second kappa shape index (κ2) is 7.43. The molecule has 2 unspecified atom stereocenters. The summed E-state index contributed by atoms with van der Waals surface area (Å²) in [5, 5.41) is 4.34. The van der Waals surface area contributed by atoms with Crippen molar-refractivity contribution in [3.8, 4) is 5.75 Å². The maximum atomic E-state index is 11.5. The van der Waals surface area contributed by atoms with Crippen molar-refractivity contribution in [1.29, 1.82) is 0 Å². The van der Waals surface area contributed by atoms with Crippen LogP contribution in [-0.2, 0) is 9.59 Å². The summed E-state index contributed by atoms with van der Waals surface area (Å²) >= 11 is 6.22. The van der Waals surface area contributed by atoms with E-state index in [0.29, 0.717) is 23.6 Å². The molecule has 1 aliphatic heterocycles. The number of nitrogens with zero attached hydrogens (tertiary/aromatic N) is 1. The number of rotatable bonds is 6. The zero-order valence-corrected chi connectivity index (χ0v) is 13.5. The van der Waals surface area contributed by atoms with E-state index in [1.54, 1.807) is 25.1 Å². The number of hydrogen-bond acceptors (Lipinski definition) is 5. The highest BCUT2D eigenvalue weighted by Gasteiger charge is 2.25. The molecule has 23 heavy (non-hydrogen) atoms. The largest absolute Gasteiger partial charge is 0.479 e. The lowest BCUT2D eigenvalue weighted by atomic mass is 10.0. The number of amides is 2. The van der Waals surface area contributed by atoms with Crippen LogP contribution in [0.3, 0.4) is 0 Å². The Hall–Kier alpha value is -2.12. The summed E-state index contributed by atoms with van der Waals surface area (Å²) in [6.07, 6.45) is 0.0674. The van der Waals surface area contributed by atoms with Crippen LogP contribution in [-0.4, -0.2) is 30.2 Å². The van der Waals surface area contributed by atoms with Crippen LogP contribution in [0.4, 0.5) is 0 Å². The maximum Gasteiger partial charge on any atom is 0.258 e. The molecule has 1 aromatic carbocycles. The molecule has 0 aromatic heterocycles. The van der Waals surface area contributed by atoms with E-state index in [9.17, 15) is 9.59 Å². The van der Waals surface area contributed by atoms with Gasteiger partial charge in [-0.05, 0) is 30.3 Å². The molecule has 2 amide bonds. The number of primary amides is 1. The van der Waals surface area contributed by atoms with Gasteiger partial charge in [0, 0.05) is 18.8 Å². The Morgan fingerprint density at radius 2 is 2.22 bits per heavy atom. The van der Waals surface area contributed by atoms with E-state index in [1.165, 1.54) is 0 Å². The first-order valence-electron chi connectivity index (χ1n) is 7.23. The summed E-state index contributed by atoms with van der Waals surface area (Å²) in [6.45, 7) is 2.04. The van der Waals surface area contributed by atoms with E-state index in [4.69, 9.17) is 27.8 Å². The van der Waals surface area contributed by atoms with Gasteiger partial charge in [-0.25, -0.2) is 5.43 Å². The second-order valence-electron chi connectivity index (χ2n) is 5.39. The van der Waals surface area contributed by atoms with Crippen LogP contribution < -0.4 is 21.6 Å². The summed E-state index contributed by atoms with van der Waals surface area (Å²) < 4.78 is 5.62. The molecule has 0 saturated carbocycles. The zero-order chi connectivity index (χ0) is 17.0. The molecule has 2 atom stereocenters. The van der Waals surface area contributed by atoms with Crippen molar-refractivity contribution in [3.05, 3.63) is 28.8 Å². The van der Waals surface area contributed by atoms with E-state index in [-0.39, 0.29) is 18.4 Å². The van der Waals surface area contributed by atoms with E-state index < -0.39 is 12.0 Å². The monoisotopic (exact) mass is 338 g/mol. The Morgan fingerprint density at radius 1 is 1.48 bits per heavy atom. The molecular weight excluding hydrogens is 320 g/mol. The number of nitrogens with one attached hydrogen (secondary N) is 1. The molecule has 0 aliphatic carbocycles. The van der Waals surface area contributed by atoms with Gasteiger partial charge < -0.3 is 16.2 Å². The highest BCUT2D eigenvalue weighted by Crippen LogP contribution is 2.28. The average molecular weight is 339 g/mol. The molecule has 2 rings (SSSR count). The fourth-order valence-electron chi connectivity index (χ4n) is 2.17. The summed E-state index contributed by atoms with van der Waals surface area (Å²) in [7, 11) is 0. The second-order valence-corrected chi connectivity index (χ2v) is 5.80. The van der Waals surface area contributed by atoms with Crippen molar-refractivity contribution in [1.82, 2.24) is 5.43 Å². The highest BCUT2D eigenvalue weighted by molar-refractivity contribution is 6.32. The zero-order valence-electron chi connectivity index (χ0n) is 12.7. The molecule has 1 aliphatic rings. The van der Waals surface area contributed by atoms with Gasteiger partial charge in [0.15, 0.2) is 6.10 Å². The third-order valence-corrected chi connectivity index (χ3v) is 3.89. The lowest BCUT2D eigenvalue weighted by Gasteiger charge is -2.22. The fraction of sp³-hybridized carbons (Fsp3) is 0.400. The van der Waals surface area contributed by atoms with E-state index in [2.05, 4.69) is 10.5 Å². The topological polar surface area (TPSA) is 120 Å². The lowest BCUT2D eigenvalue weighted by Crippen LogP contribution is -2.41. The lowest BCUT2D eigenvalue weighted by molar-refractivity contribution is -0.126. The minimum atomic E-state index is -0.852. The van der Waals surface area contributed by atoms with E-state index in [0.717, 1.165) is 11.3 Å². The third-order valence-electron chi connectivity index (χ3n) is 3.59. The van der Waals surface area contributed by atoms with Crippen molar-refractivity contribution >= 4 is 29.1 Å². The fourth-order valence-corrected chi connectivity index (χ4v) is 2.40. The van der Waals surface area contributed by atoms with Crippen LogP contribution in [0, 0.1) is 5.92 Å². The average Bonchev–Trinajstić information content (AvgIpc) is 2.53. The number of hydrazone groups is 1. The first kappa shape index (κ1) is 17.2. The normalized spacial score (nSPS) is 17.0. The summed E-state index contributed by atoms with van der Waals surface area (Å²) in [5.41, 5.74) is 14.9. The Balaban J connectivity index is 2.19. The highest BCUT2D eigenvalue weighted by atomic mass is 35.5. The minimum absolute atomic E-state index is 0.111. The van der Waals surface area contributed by atoms with Gasteiger partial charge in [0.1, 0.15) is 5.75 Å². The van der Waals surface area contributed by atoms with Crippen LogP contribution >= 0.6 is 11.6 Å². The van der Waals surface area contributed by atoms with Crippen LogP contribution in [0.5, 0.6) is 5.75 Å². The molecule has 5 N–H and O–H groups in total. The van der Waals surface area contributed by atoms with Crippen molar-refractivity contribution in [3.63, 3.8) is 0 Å². The SMILES string of the molecule is CC(CN)C(Oc1ccc(C2=NNC(=O)CC2)cc1Cl)C(N)=O. The standard InChI is InChI=1S/C15H19ClN4O3/c1-8(7-17)14(15(18)22)23-12-4-2-9(6-10(12)16)11-3-5-13(21)20-19-11/h2,4,6,8,14H,3,5,7,17H2,1H3,(H2,18,22)(H,20,21). The van der Waals surface area contributed by atoms with Crippen molar-refractivity contribution in [2.24, 2.45) is 22.5 Å². The predicted octanol–water partition coefficient (Wildman–Crippen LogP) is 0.782. The Bertz CT molecular complexity index is 648. The van der Waals surface area contributed by atoms with Crippen molar-refractivity contribution in [2.75, 3.05) is 6.54 Å². The first-order valence-corrected chi connectivity index (χ1v) is 7.61. The number of carbonyl (C=O) groups is 2. The molecule has 1 heterocycles. The van der Waals surface area contributed by atoms with Gasteiger partial charge >= 0.3 is 0 Å². The van der Waals surface area contributed by atoms with Crippen molar-refractivity contribution in [2.45, 2.75) is 25.9 Å². The van der Waals surface area contributed by atoms with Crippen LogP contribution in [0.15, 0.2) is 23.3 Å². The Morgan fingerprint density at radius 3 is 2.74 bits per heavy atom. The molecule has 0 radical (unpaired) electrons. The number of nitrogens with two attached hydrogens (primary N) is 2. The number of benzene rings is 1. The molecule has 0 bridgehead atoms. The molecule has 0 spiro atoms. The van der Waals surface area contributed by atoms with E-state index >= 15 is 0 Å². The Kier molecular flexibility index (Phi) is 5.57. The van der Waals surface area contributed by atoms with Gasteiger partial charge in [0.25, 0.3) is 5.91 Å². The molecule has 0 saturated heterocycles. The van der Waals surface area contributed by atoms with Crippen LogP contribution in [0.2, 0.25) is 5.02 Å². The van der Waals surface area contributed by atoms with Crippen LogP contribution in [0.1, 0.15) is 25.3 Å². The number of carbonyl (C=O) groups excluding carboxylic acids is 2. The van der Waals surface area contributed by atoms with E-state index in [1.807, 2.05) is 0 Å². The smallest absolute Gasteiger partial charge is 0.258 e. The van der Waals surface area contributed by atoms with Gasteiger partial charge in [-0.2, -0.15) is 5.10 Å². The van der Waals surface area contributed by atoms with Gasteiger partial charge in [0.2, 0.25) is 5.91 Å². The molecule has 0 fully saturated rings. The maximum absolute atomic E-state index is 11.5. The number of halogens is 1. The summed E-state index contributed by atoms with van der Waals surface area (Å²) in [4.78, 5) is 22.6. The minimum Gasteiger partial charge on any atom is -0.479 e. The van der Waals surface area contributed by atoms with Gasteiger partial charge in [0.05, 0.1) is 10.7 Å². The molecule has 8 heteroatoms. The molecule has 1 aromatic rings. The van der Waals surface area contributed by atoms with Crippen molar-refractivity contribution < 1.29 is 14.3 Å². The predicted molar refractivity (Wildman–Crippen MR) is 87.2 cm³/mol. The van der Waals surface area contributed by atoms with Gasteiger partial charge in [-0.15, -0.1) is 0 Å². The van der Waals surface area contributed by atoms with Crippen LogP contribution in [0.25, 0.3) is 0 Å². The third kappa shape index (κ3) is 4.20. The van der Waals surface area contributed by atoms with Gasteiger partial charge in [-0.1, -0.05) is 18.5 Å². The number of hydrogen-bond donors (Lipinski definition) is 3. The summed E-state index contributed by atoms with van der Waals surface area (Å²) in [5.74, 6) is -0.594. The Labute approximate surface area is 139 Å². The summed E-state index contributed by atoms with van der Waals surface area (Å²) in [6, 6.07) is 5.09.